The van der Waals surface area contributed by atoms with Gasteiger partial charge in [-0.3, -0.25) is 18.6 Å². The maximum atomic E-state index is 12.6. The summed E-state index contributed by atoms with van der Waals surface area (Å²) in [5, 5.41) is 18.3. The van der Waals surface area contributed by atoms with Gasteiger partial charge >= 0.3 is 19.8 Å². The second-order valence-electron chi connectivity index (χ2n) is 15.2. The number of epoxide rings is 1. The van der Waals surface area contributed by atoms with Crippen LogP contribution in [0.5, 0.6) is 0 Å². The van der Waals surface area contributed by atoms with Gasteiger partial charge in [-0.1, -0.05) is 147 Å². The fraction of sp³-hybridized carbons (Fsp3) is 0.814. The zero-order valence-electron chi connectivity index (χ0n) is 34.5. The molecule has 3 unspecified atom stereocenters. The van der Waals surface area contributed by atoms with E-state index in [4.69, 9.17) is 23.8 Å². The van der Waals surface area contributed by atoms with E-state index >= 15 is 0 Å². The van der Waals surface area contributed by atoms with Gasteiger partial charge in [0.15, 0.2) is 6.10 Å². The third-order valence-corrected chi connectivity index (χ3v) is 10.4. The van der Waals surface area contributed by atoms with E-state index in [9.17, 15) is 24.2 Å². The van der Waals surface area contributed by atoms with Crippen molar-refractivity contribution in [3.05, 3.63) is 36.5 Å². The number of hydrogen-bond acceptors (Lipinski definition) is 10. The molecule has 11 nitrogen and oxygen atoms in total. The summed E-state index contributed by atoms with van der Waals surface area (Å²) < 4.78 is 38.4. The number of rotatable bonds is 38. The molecular formula is C43H77O11P. The Balaban J connectivity index is 2.29. The molecule has 1 fully saturated rings. The van der Waals surface area contributed by atoms with Crippen LogP contribution < -0.4 is 0 Å². The number of aliphatic hydroxyl groups is 2. The van der Waals surface area contributed by atoms with E-state index in [2.05, 4.69) is 49.6 Å². The Bertz CT molecular complexity index is 1090. The van der Waals surface area contributed by atoms with E-state index in [0.717, 1.165) is 44.4 Å². The molecular weight excluding hydrogens is 723 g/mol. The zero-order valence-corrected chi connectivity index (χ0v) is 35.4. The average Bonchev–Trinajstić information content (AvgIpc) is 3.91. The molecule has 0 aromatic rings. The van der Waals surface area contributed by atoms with E-state index in [-0.39, 0.29) is 19.4 Å². The quantitative estimate of drug-likeness (QED) is 0.0179. The first-order chi connectivity index (χ1) is 26.6. The maximum absolute atomic E-state index is 12.6. The monoisotopic (exact) mass is 801 g/mol. The van der Waals surface area contributed by atoms with Gasteiger partial charge in [0.25, 0.3) is 0 Å². The van der Waals surface area contributed by atoms with Crippen molar-refractivity contribution in [2.45, 2.75) is 193 Å². The number of ether oxygens (including phenoxy) is 3. The van der Waals surface area contributed by atoms with E-state index in [0.29, 0.717) is 31.5 Å². The van der Waals surface area contributed by atoms with E-state index in [1.54, 1.807) is 0 Å². The molecule has 5 atom stereocenters. The van der Waals surface area contributed by atoms with Gasteiger partial charge in [-0.25, -0.2) is 4.57 Å². The molecule has 1 rings (SSSR count). The minimum atomic E-state index is -4.63. The number of allylic oxidation sites excluding steroid dienone is 5. The first kappa shape index (κ1) is 51.2. The van der Waals surface area contributed by atoms with Crippen LogP contribution in [0.3, 0.4) is 0 Å². The molecule has 0 spiro atoms. The molecule has 0 radical (unpaired) electrons. The summed E-state index contributed by atoms with van der Waals surface area (Å²) in [5.74, 6) is -0.198. The Morgan fingerprint density at radius 2 is 1.29 bits per heavy atom. The van der Waals surface area contributed by atoms with Crippen molar-refractivity contribution in [1.29, 1.82) is 0 Å². The third-order valence-electron chi connectivity index (χ3n) is 9.40. The average molecular weight is 801 g/mol. The summed E-state index contributed by atoms with van der Waals surface area (Å²) in [4.78, 5) is 34.9. The standard InChI is InChI=1S/C43H77O11P/c1-4-5-23-29-40-41(54-40)30-25-20-16-12-9-10-14-18-22-27-32-43(47)53-39(36-52-55(48,49)51-34-38(45)33-44)35-50-42(46)31-26-21-17-13-8-6-7-11-15-19-24-28-37(2)3/h9,12,14,18,20,25,37-41,44-45H,4-8,10-11,13,15-17,19,21-24,26-36H2,1-3H3,(H,48,49)/b12-9-,18-14-,25-20-/t38-,39+,40?,41?/m0/s1. The largest absolute Gasteiger partial charge is 0.472 e. The van der Waals surface area contributed by atoms with Gasteiger partial charge in [-0.05, 0) is 50.9 Å². The van der Waals surface area contributed by atoms with E-state index in [1.807, 2.05) is 12.2 Å². The van der Waals surface area contributed by atoms with E-state index in [1.165, 1.54) is 77.0 Å². The van der Waals surface area contributed by atoms with Crippen molar-refractivity contribution in [2.24, 2.45) is 5.92 Å². The van der Waals surface area contributed by atoms with E-state index < -0.39 is 51.8 Å². The highest BCUT2D eigenvalue weighted by Crippen LogP contribution is 2.43. The number of phosphoric acid groups is 1. The maximum Gasteiger partial charge on any atom is 0.472 e. The van der Waals surface area contributed by atoms with Crippen LogP contribution in [0.25, 0.3) is 0 Å². The van der Waals surface area contributed by atoms with Gasteiger partial charge in [-0.15, -0.1) is 0 Å². The Hall–Kier alpha value is -1.85. The number of carbonyl (C=O) groups is 2. The lowest BCUT2D eigenvalue weighted by Gasteiger charge is -2.20. The molecule has 1 heterocycles. The Kier molecular flexibility index (Phi) is 31.8. The topological polar surface area (TPSA) is 161 Å². The number of carbonyl (C=O) groups excluding carboxylic acids is 2. The fourth-order valence-corrected chi connectivity index (χ4v) is 6.76. The zero-order chi connectivity index (χ0) is 40.4. The summed E-state index contributed by atoms with van der Waals surface area (Å²) >= 11 is 0. The Morgan fingerprint density at radius 1 is 0.709 bits per heavy atom. The van der Waals surface area contributed by atoms with Crippen LogP contribution in [-0.2, 0) is 37.4 Å². The first-order valence-corrected chi connectivity index (χ1v) is 22.9. The fourth-order valence-electron chi connectivity index (χ4n) is 5.97. The molecule has 12 heteroatoms. The number of unbranched alkanes of at least 4 members (excludes halogenated alkanes) is 13. The van der Waals surface area contributed by atoms with Crippen molar-refractivity contribution in [3.8, 4) is 0 Å². The number of hydrogen-bond donors (Lipinski definition) is 3. The summed E-state index contributed by atoms with van der Waals surface area (Å²) in [7, 11) is -4.63. The van der Waals surface area contributed by atoms with Crippen LogP contribution in [0, 0.1) is 5.92 Å². The highest BCUT2D eigenvalue weighted by molar-refractivity contribution is 7.47. The molecule has 1 saturated heterocycles. The normalized spacial score (nSPS) is 18.0. The Labute approximate surface area is 333 Å². The van der Waals surface area contributed by atoms with Crippen molar-refractivity contribution < 1.29 is 52.5 Å². The second kappa shape index (κ2) is 34.2. The molecule has 3 N–H and O–H groups in total. The van der Waals surface area contributed by atoms with Crippen LogP contribution >= 0.6 is 7.82 Å². The molecule has 1 aliphatic rings. The van der Waals surface area contributed by atoms with Gasteiger partial charge in [0, 0.05) is 12.8 Å². The summed E-state index contributed by atoms with van der Waals surface area (Å²) in [6.07, 6.45) is 34.4. The molecule has 0 bridgehead atoms. The van der Waals surface area contributed by atoms with Gasteiger partial charge in [0.2, 0.25) is 0 Å². The summed E-state index contributed by atoms with van der Waals surface area (Å²) in [5.41, 5.74) is 0. The lowest BCUT2D eigenvalue weighted by molar-refractivity contribution is -0.161. The SMILES string of the molecule is CCCCCC1OC1C/C=C\C/C=C\C/C=C\CCCC(=O)O[C@H](COC(=O)CCCCCCCCCCCCCC(C)C)COP(=O)(O)OC[C@@H](O)CO. The molecule has 1 aliphatic heterocycles. The van der Waals surface area contributed by atoms with Gasteiger partial charge in [0.1, 0.15) is 12.7 Å². The molecule has 320 valence electrons. The van der Waals surface area contributed by atoms with Crippen molar-refractivity contribution >= 4 is 19.8 Å². The van der Waals surface area contributed by atoms with Gasteiger partial charge < -0.3 is 29.3 Å². The van der Waals surface area contributed by atoms with Crippen molar-refractivity contribution in [3.63, 3.8) is 0 Å². The molecule has 55 heavy (non-hydrogen) atoms. The highest BCUT2D eigenvalue weighted by Gasteiger charge is 2.36. The molecule has 0 amide bonds. The summed E-state index contributed by atoms with van der Waals surface area (Å²) in [6.45, 7) is 4.59. The molecule has 0 saturated carbocycles. The van der Waals surface area contributed by atoms with Crippen molar-refractivity contribution in [1.82, 2.24) is 0 Å². The second-order valence-corrected chi connectivity index (χ2v) is 16.7. The molecule has 0 aromatic carbocycles. The minimum absolute atomic E-state index is 0.105. The smallest absolute Gasteiger partial charge is 0.462 e. The number of aliphatic hydroxyl groups excluding tert-OH is 2. The minimum Gasteiger partial charge on any atom is -0.462 e. The highest BCUT2D eigenvalue weighted by atomic mass is 31.2. The third kappa shape index (κ3) is 32.9. The van der Waals surface area contributed by atoms with Crippen LogP contribution in [0.1, 0.15) is 168 Å². The predicted octanol–water partition coefficient (Wildman–Crippen LogP) is 10.0. The Morgan fingerprint density at radius 3 is 1.93 bits per heavy atom. The molecule has 0 aromatic heterocycles. The molecule has 0 aliphatic carbocycles. The lowest BCUT2D eigenvalue weighted by Crippen LogP contribution is -2.29. The first-order valence-electron chi connectivity index (χ1n) is 21.4. The summed E-state index contributed by atoms with van der Waals surface area (Å²) in [6, 6.07) is 0. The van der Waals surface area contributed by atoms with Gasteiger partial charge in [-0.2, -0.15) is 0 Å². The lowest BCUT2D eigenvalue weighted by atomic mass is 10.0. The number of esters is 2. The van der Waals surface area contributed by atoms with Crippen LogP contribution in [-0.4, -0.2) is 77.9 Å². The van der Waals surface area contributed by atoms with Crippen LogP contribution in [0.15, 0.2) is 36.5 Å². The number of phosphoric ester groups is 1. The van der Waals surface area contributed by atoms with Crippen molar-refractivity contribution in [2.75, 3.05) is 26.4 Å². The van der Waals surface area contributed by atoms with Crippen LogP contribution in [0.4, 0.5) is 0 Å². The van der Waals surface area contributed by atoms with Gasteiger partial charge in [0.05, 0.1) is 32.0 Å². The van der Waals surface area contributed by atoms with Crippen LogP contribution in [0.2, 0.25) is 0 Å². The predicted molar refractivity (Wildman–Crippen MR) is 218 cm³/mol.